The van der Waals surface area contributed by atoms with Gasteiger partial charge in [-0.2, -0.15) is 0 Å². The molecule has 0 spiro atoms. The van der Waals surface area contributed by atoms with Crippen molar-refractivity contribution in [1.82, 2.24) is 4.98 Å². The number of aryl methyl sites for hydroxylation is 1. The van der Waals surface area contributed by atoms with Crippen molar-refractivity contribution in [2.75, 3.05) is 13.2 Å². The van der Waals surface area contributed by atoms with Gasteiger partial charge in [-0.05, 0) is 31.9 Å². The van der Waals surface area contributed by atoms with Crippen LogP contribution in [0.2, 0.25) is 0 Å². The summed E-state index contributed by atoms with van der Waals surface area (Å²) in [6.45, 7) is 9.60. The SMILES string of the molecule is CCOC(=O)CCc1c(C(=O)OCC)c(C(C)(C)C)nc2ccc([N+](=O)[O-])cc12. The number of carbonyl (C=O) groups is 2. The topological polar surface area (TPSA) is 109 Å². The summed E-state index contributed by atoms with van der Waals surface area (Å²) in [7, 11) is 0. The Morgan fingerprint density at radius 3 is 2.34 bits per heavy atom. The second kappa shape index (κ2) is 8.98. The highest BCUT2D eigenvalue weighted by atomic mass is 16.6. The van der Waals surface area contributed by atoms with Crippen LogP contribution in [0.5, 0.6) is 0 Å². The molecule has 0 atom stereocenters. The van der Waals surface area contributed by atoms with Gasteiger partial charge in [-0.1, -0.05) is 20.8 Å². The summed E-state index contributed by atoms with van der Waals surface area (Å²) in [5, 5.41) is 11.7. The number of nitro groups is 1. The van der Waals surface area contributed by atoms with Crippen molar-refractivity contribution < 1.29 is 24.0 Å². The van der Waals surface area contributed by atoms with Crippen LogP contribution in [0.15, 0.2) is 18.2 Å². The predicted octanol–water partition coefficient (Wildman–Crippen LogP) is 4.11. The van der Waals surface area contributed by atoms with Crippen molar-refractivity contribution in [1.29, 1.82) is 0 Å². The van der Waals surface area contributed by atoms with E-state index in [1.54, 1.807) is 19.9 Å². The molecule has 0 amide bonds. The molecule has 0 saturated heterocycles. The summed E-state index contributed by atoms with van der Waals surface area (Å²) in [5.41, 5.74) is 1.21. The van der Waals surface area contributed by atoms with E-state index in [1.807, 2.05) is 20.8 Å². The Labute approximate surface area is 169 Å². The first-order valence-corrected chi connectivity index (χ1v) is 9.54. The van der Waals surface area contributed by atoms with Crippen LogP contribution in [0.4, 0.5) is 5.69 Å². The third-order valence-corrected chi connectivity index (χ3v) is 4.36. The molecule has 8 nitrogen and oxygen atoms in total. The summed E-state index contributed by atoms with van der Waals surface area (Å²) >= 11 is 0. The number of non-ortho nitro benzene ring substituents is 1. The maximum Gasteiger partial charge on any atom is 0.340 e. The second-order valence-electron chi connectivity index (χ2n) is 7.55. The minimum absolute atomic E-state index is 0.0334. The number of hydrogen-bond donors (Lipinski definition) is 0. The van der Waals surface area contributed by atoms with Crippen LogP contribution in [0.1, 0.15) is 62.7 Å². The molecule has 0 aliphatic heterocycles. The molecule has 0 fully saturated rings. The van der Waals surface area contributed by atoms with Crippen LogP contribution in [0.25, 0.3) is 10.9 Å². The van der Waals surface area contributed by atoms with E-state index in [0.717, 1.165) is 0 Å². The molecule has 2 rings (SSSR count). The number of ether oxygens (including phenoxy) is 2. The van der Waals surface area contributed by atoms with E-state index in [9.17, 15) is 19.7 Å². The lowest BCUT2D eigenvalue weighted by atomic mass is 9.84. The molecule has 0 radical (unpaired) electrons. The maximum absolute atomic E-state index is 12.9. The van der Waals surface area contributed by atoms with Crippen LogP contribution in [0.3, 0.4) is 0 Å². The molecular weight excluding hydrogens is 376 g/mol. The van der Waals surface area contributed by atoms with Gasteiger partial charge in [-0.15, -0.1) is 0 Å². The predicted molar refractivity (Wildman–Crippen MR) is 108 cm³/mol. The highest BCUT2D eigenvalue weighted by molar-refractivity contribution is 5.99. The standard InChI is InChI=1S/C21H26N2O6/c1-6-28-17(24)11-9-14-15-12-13(23(26)27)8-10-16(15)22-19(21(3,4)5)18(14)20(25)29-7-2/h8,10,12H,6-7,9,11H2,1-5H3. The number of nitro benzene ring substituents is 1. The van der Waals surface area contributed by atoms with Crippen molar-refractivity contribution in [2.45, 2.75) is 52.9 Å². The zero-order valence-electron chi connectivity index (χ0n) is 17.4. The van der Waals surface area contributed by atoms with Gasteiger partial charge in [0.15, 0.2) is 0 Å². The lowest BCUT2D eigenvalue weighted by Crippen LogP contribution is -2.23. The zero-order chi connectivity index (χ0) is 21.8. The largest absolute Gasteiger partial charge is 0.466 e. The van der Waals surface area contributed by atoms with E-state index in [2.05, 4.69) is 4.98 Å². The molecule has 1 heterocycles. The summed E-state index contributed by atoms with van der Waals surface area (Å²) in [4.78, 5) is 40.2. The first-order valence-electron chi connectivity index (χ1n) is 9.54. The van der Waals surface area contributed by atoms with Gasteiger partial charge in [0.1, 0.15) is 0 Å². The Hall–Kier alpha value is -3.03. The normalized spacial score (nSPS) is 11.3. The first kappa shape index (κ1) is 22.3. The number of hydrogen-bond acceptors (Lipinski definition) is 7. The Bertz CT molecular complexity index is 946. The number of esters is 2. The number of rotatable bonds is 7. The molecule has 0 aliphatic carbocycles. The van der Waals surface area contributed by atoms with Crippen molar-refractivity contribution in [3.8, 4) is 0 Å². The summed E-state index contributed by atoms with van der Waals surface area (Å²) in [6.07, 6.45) is 0.210. The van der Waals surface area contributed by atoms with E-state index in [4.69, 9.17) is 9.47 Å². The van der Waals surface area contributed by atoms with Gasteiger partial charge >= 0.3 is 11.9 Å². The van der Waals surface area contributed by atoms with Gasteiger partial charge in [0.25, 0.3) is 5.69 Å². The Balaban J connectivity index is 2.81. The van der Waals surface area contributed by atoms with Gasteiger partial charge in [0.2, 0.25) is 0 Å². The molecule has 8 heteroatoms. The van der Waals surface area contributed by atoms with Crippen LogP contribution >= 0.6 is 0 Å². The lowest BCUT2D eigenvalue weighted by molar-refractivity contribution is -0.384. The number of pyridine rings is 1. The number of carbonyl (C=O) groups excluding carboxylic acids is 2. The molecule has 0 aliphatic rings. The number of aromatic nitrogens is 1. The minimum Gasteiger partial charge on any atom is -0.466 e. The number of nitrogens with zero attached hydrogens (tertiary/aromatic N) is 2. The summed E-state index contributed by atoms with van der Waals surface area (Å²) < 4.78 is 10.3. The quantitative estimate of drug-likeness (QED) is 0.389. The average molecular weight is 402 g/mol. The zero-order valence-corrected chi connectivity index (χ0v) is 17.4. The van der Waals surface area contributed by atoms with E-state index < -0.39 is 22.3 Å². The molecular formula is C21H26N2O6. The van der Waals surface area contributed by atoms with Crippen molar-refractivity contribution >= 4 is 28.5 Å². The van der Waals surface area contributed by atoms with Crippen molar-refractivity contribution in [3.63, 3.8) is 0 Å². The monoisotopic (exact) mass is 402 g/mol. The highest BCUT2D eigenvalue weighted by Gasteiger charge is 2.30. The number of fused-ring (bicyclic) bond motifs is 1. The molecule has 0 unspecified atom stereocenters. The Morgan fingerprint density at radius 1 is 1.14 bits per heavy atom. The highest BCUT2D eigenvalue weighted by Crippen LogP contribution is 2.34. The third-order valence-electron chi connectivity index (χ3n) is 4.36. The lowest BCUT2D eigenvalue weighted by Gasteiger charge is -2.24. The van der Waals surface area contributed by atoms with Crippen LogP contribution in [-0.4, -0.2) is 35.1 Å². The van der Waals surface area contributed by atoms with Crippen molar-refractivity contribution in [2.24, 2.45) is 0 Å². The van der Waals surface area contributed by atoms with Crippen molar-refractivity contribution in [3.05, 3.63) is 45.1 Å². The number of benzene rings is 1. The molecule has 1 aromatic carbocycles. The van der Waals surface area contributed by atoms with Crippen LogP contribution < -0.4 is 0 Å². The van der Waals surface area contributed by atoms with Gasteiger partial charge in [-0.3, -0.25) is 19.9 Å². The molecule has 29 heavy (non-hydrogen) atoms. The molecule has 0 saturated carbocycles. The fraction of sp³-hybridized carbons (Fsp3) is 0.476. The van der Waals surface area contributed by atoms with E-state index >= 15 is 0 Å². The molecule has 2 aromatic rings. The smallest absolute Gasteiger partial charge is 0.340 e. The Kier molecular flexibility index (Phi) is 6.89. The third kappa shape index (κ3) is 5.07. The Morgan fingerprint density at radius 2 is 1.79 bits per heavy atom. The molecule has 0 N–H and O–H groups in total. The first-order chi connectivity index (χ1) is 13.6. The molecule has 1 aromatic heterocycles. The molecule has 0 bridgehead atoms. The fourth-order valence-corrected chi connectivity index (χ4v) is 3.12. The van der Waals surface area contributed by atoms with Gasteiger partial charge in [0, 0.05) is 29.4 Å². The molecule has 156 valence electrons. The van der Waals surface area contributed by atoms with E-state index in [-0.39, 0.29) is 37.3 Å². The fourth-order valence-electron chi connectivity index (χ4n) is 3.12. The minimum atomic E-state index is -0.558. The maximum atomic E-state index is 12.9. The van der Waals surface area contributed by atoms with E-state index in [0.29, 0.717) is 22.2 Å². The summed E-state index contributed by atoms with van der Waals surface area (Å²) in [6, 6.07) is 4.32. The second-order valence-corrected chi connectivity index (χ2v) is 7.55. The van der Waals surface area contributed by atoms with Crippen LogP contribution in [0, 0.1) is 10.1 Å². The van der Waals surface area contributed by atoms with Gasteiger partial charge < -0.3 is 9.47 Å². The summed E-state index contributed by atoms with van der Waals surface area (Å²) in [5.74, 6) is -0.966. The van der Waals surface area contributed by atoms with Gasteiger partial charge in [0.05, 0.1) is 34.9 Å². The average Bonchev–Trinajstić information content (AvgIpc) is 2.64. The van der Waals surface area contributed by atoms with Crippen LogP contribution in [-0.2, 0) is 26.1 Å². The van der Waals surface area contributed by atoms with E-state index in [1.165, 1.54) is 12.1 Å². The van der Waals surface area contributed by atoms with Gasteiger partial charge in [-0.25, -0.2) is 4.79 Å².